The van der Waals surface area contributed by atoms with Gasteiger partial charge in [0.05, 0.1) is 19.0 Å². The minimum Gasteiger partial charge on any atom is -0.378 e. The van der Waals surface area contributed by atoms with E-state index in [-0.39, 0.29) is 5.91 Å². The largest absolute Gasteiger partial charge is 0.378 e. The van der Waals surface area contributed by atoms with E-state index in [4.69, 9.17) is 4.74 Å². The molecule has 144 valence electrons. The van der Waals surface area contributed by atoms with Crippen LogP contribution in [-0.4, -0.2) is 58.8 Å². The predicted octanol–water partition coefficient (Wildman–Crippen LogP) is 2.24. The highest BCUT2D eigenvalue weighted by molar-refractivity contribution is 7.99. The molecular formula is C18H29N5O2S. The number of ether oxygens (including phenoxy) is 1. The monoisotopic (exact) mass is 379 g/mol. The summed E-state index contributed by atoms with van der Waals surface area (Å²) >= 11 is 1.52. The maximum absolute atomic E-state index is 12.4. The van der Waals surface area contributed by atoms with Crippen molar-refractivity contribution in [3.05, 3.63) is 0 Å². The van der Waals surface area contributed by atoms with Crippen molar-refractivity contribution < 1.29 is 9.53 Å². The van der Waals surface area contributed by atoms with Crippen molar-refractivity contribution in [2.24, 2.45) is 5.92 Å². The second-order valence-corrected chi connectivity index (χ2v) is 8.65. The lowest BCUT2D eigenvalue weighted by Gasteiger charge is -2.29. The number of nitrogens with one attached hydrogen (secondary N) is 1. The second kappa shape index (κ2) is 8.17. The number of hydrogen-bond donors (Lipinski definition) is 1. The molecule has 1 aliphatic heterocycles. The van der Waals surface area contributed by atoms with Crippen molar-refractivity contribution in [2.75, 3.05) is 37.0 Å². The molecule has 2 saturated carbocycles. The van der Waals surface area contributed by atoms with Gasteiger partial charge in [0.25, 0.3) is 0 Å². The van der Waals surface area contributed by atoms with Crippen LogP contribution in [0.1, 0.15) is 51.5 Å². The first kappa shape index (κ1) is 18.1. The summed E-state index contributed by atoms with van der Waals surface area (Å²) in [6.45, 7) is 5.44. The number of anilines is 1. The normalized spacial score (nSPS) is 26.7. The van der Waals surface area contributed by atoms with Gasteiger partial charge in [-0.05, 0) is 31.6 Å². The van der Waals surface area contributed by atoms with E-state index >= 15 is 0 Å². The van der Waals surface area contributed by atoms with E-state index in [1.807, 2.05) is 0 Å². The Hall–Kier alpha value is -1.28. The van der Waals surface area contributed by atoms with E-state index < -0.39 is 0 Å². The summed E-state index contributed by atoms with van der Waals surface area (Å²) < 4.78 is 7.69. The van der Waals surface area contributed by atoms with Gasteiger partial charge >= 0.3 is 0 Å². The Morgan fingerprint density at radius 1 is 1.19 bits per heavy atom. The fourth-order valence-electron chi connectivity index (χ4n) is 3.91. The third-order valence-electron chi connectivity index (χ3n) is 5.64. The quantitative estimate of drug-likeness (QED) is 0.764. The molecule has 2 atom stereocenters. The summed E-state index contributed by atoms with van der Waals surface area (Å²) in [4.78, 5) is 14.7. The molecule has 3 aliphatic rings. The summed E-state index contributed by atoms with van der Waals surface area (Å²) in [5.41, 5.74) is 0. The van der Waals surface area contributed by atoms with Crippen molar-refractivity contribution in [3.63, 3.8) is 0 Å². The van der Waals surface area contributed by atoms with Crippen molar-refractivity contribution in [2.45, 2.75) is 62.7 Å². The van der Waals surface area contributed by atoms with Gasteiger partial charge in [-0.15, -0.1) is 10.2 Å². The fraction of sp³-hybridized carbons (Fsp3) is 0.833. The SMILES string of the molecule is CC1CCCCC1NC(=O)CSc1nnc(N2CCOCC2)n1C1CC1. The number of rotatable bonds is 6. The number of thioether (sulfide) groups is 1. The molecule has 3 fully saturated rings. The van der Waals surface area contributed by atoms with Crippen molar-refractivity contribution in [1.82, 2.24) is 20.1 Å². The van der Waals surface area contributed by atoms with Crippen molar-refractivity contribution in [3.8, 4) is 0 Å². The first-order valence-corrected chi connectivity index (χ1v) is 10.9. The number of carbonyl (C=O) groups is 1. The molecule has 2 unspecified atom stereocenters. The van der Waals surface area contributed by atoms with E-state index in [1.54, 1.807) is 0 Å². The summed E-state index contributed by atoms with van der Waals surface area (Å²) in [6.07, 6.45) is 7.19. The second-order valence-electron chi connectivity index (χ2n) is 7.71. The molecule has 7 nitrogen and oxygen atoms in total. The molecular weight excluding hydrogens is 350 g/mol. The molecule has 1 saturated heterocycles. The maximum Gasteiger partial charge on any atom is 0.230 e. The average Bonchev–Trinajstić information content (AvgIpc) is 3.42. The van der Waals surface area contributed by atoms with Crippen LogP contribution in [0, 0.1) is 5.92 Å². The Morgan fingerprint density at radius 3 is 2.69 bits per heavy atom. The molecule has 1 N–H and O–H groups in total. The number of aromatic nitrogens is 3. The standard InChI is InChI=1S/C18H29N5O2S/c1-13-4-2-3-5-15(13)19-16(24)12-26-18-21-20-17(23(18)14-6-7-14)22-8-10-25-11-9-22/h13-15H,2-12H2,1H3,(H,19,24). The third kappa shape index (κ3) is 4.17. The van der Waals surface area contributed by atoms with Gasteiger partial charge in [0.15, 0.2) is 5.16 Å². The Morgan fingerprint density at radius 2 is 1.96 bits per heavy atom. The van der Waals surface area contributed by atoms with Crippen LogP contribution < -0.4 is 10.2 Å². The molecule has 0 bridgehead atoms. The first-order chi connectivity index (χ1) is 12.7. The number of amides is 1. The zero-order chi connectivity index (χ0) is 17.9. The van der Waals surface area contributed by atoms with Crippen LogP contribution in [0.5, 0.6) is 0 Å². The van der Waals surface area contributed by atoms with Gasteiger partial charge in [0.1, 0.15) is 0 Å². The molecule has 2 aliphatic carbocycles. The van der Waals surface area contributed by atoms with E-state index in [0.717, 1.165) is 43.8 Å². The molecule has 26 heavy (non-hydrogen) atoms. The molecule has 1 aromatic heterocycles. The van der Waals surface area contributed by atoms with Gasteiger partial charge in [-0.2, -0.15) is 0 Å². The highest BCUT2D eigenvalue weighted by atomic mass is 32.2. The molecule has 0 spiro atoms. The topological polar surface area (TPSA) is 72.3 Å². The predicted molar refractivity (Wildman–Crippen MR) is 102 cm³/mol. The van der Waals surface area contributed by atoms with E-state index in [2.05, 4.69) is 31.9 Å². The molecule has 8 heteroatoms. The number of hydrogen-bond acceptors (Lipinski definition) is 6. The molecule has 1 aromatic rings. The molecule has 0 radical (unpaired) electrons. The average molecular weight is 380 g/mol. The van der Waals surface area contributed by atoms with Gasteiger partial charge in [-0.25, -0.2) is 0 Å². The summed E-state index contributed by atoms with van der Waals surface area (Å²) in [5.74, 6) is 2.06. The van der Waals surface area contributed by atoms with E-state index in [9.17, 15) is 4.79 Å². The first-order valence-electron chi connectivity index (χ1n) is 9.92. The summed E-state index contributed by atoms with van der Waals surface area (Å²) in [7, 11) is 0. The molecule has 1 amide bonds. The third-order valence-corrected chi connectivity index (χ3v) is 6.59. The van der Waals surface area contributed by atoms with Gasteiger partial charge in [-0.1, -0.05) is 31.5 Å². The Kier molecular flexibility index (Phi) is 5.69. The maximum atomic E-state index is 12.4. The summed E-state index contributed by atoms with van der Waals surface area (Å²) in [5, 5.41) is 12.9. The smallest absolute Gasteiger partial charge is 0.230 e. The minimum atomic E-state index is 0.118. The van der Waals surface area contributed by atoms with Crippen molar-refractivity contribution in [1.29, 1.82) is 0 Å². The Labute approximate surface area is 159 Å². The van der Waals surface area contributed by atoms with E-state index in [0.29, 0.717) is 23.8 Å². The zero-order valence-corrected chi connectivity index (χ0v) is 16.3. The lowest BCUT2D eigenvalue weighted by molar-refractivity contribution is -0.119. The lowest BCUT2D eigenvalue weighted by Crippen LogP contribution is -2.41. The van der Waals surface area contributed by atoms with Gasteiger partial charge in [0, 0.05) is 25.2 Å². The Balaban J connectivity index is 1.37. The number of nitrogens with zero attached hydrogens (tertiary/aromatic N) is 4. The van der Waals surface area contributed by atoms with Crippen LogP contribution in [0.25, 0.3) is 0 Å². The lowest BCUT2D eigenvalue weighted by atomic mass is 9.86. The molecule has 2 heterocycles. The summed E-state index contributed by atoms with van der Waals surface area (Å²) in [6, 6.07) is 0.828. The van der Waals surface area contributed by atoms with Gasteiger partial charge in [-0.3, -0.25) is 9.36 Å². The highest BCUT2D eigenvalue weighted by Gasteiger charge is 2.32. The van der Waals surface area contributed by atoms with Crippen LogP contribution in [0.3, 0.4) is 0 Å². The zero-order valence-electron chi connectivity index (χ0n) is 15.5. The van der Waals surface area contributed by atoms with Crippen LogP contribution in [-0.2, 0) is 9.53 Å². The van der Waals surface area contributed by atoms with Crippen LogP contribution >= 0.6 is 11.8 Å². The van der Waals surface area contributed by atoms with E-state index in [1.165, 1.54) is 43.9 Å². The fourth-order valence-corrected chi connectivity index (χ4v) is 4.72. The van der Waals surface area contributed by atoms with Gasteiger partial charge < -0.3 is 15.0 Å². The van der Waals surface area contributed by atoms with Crippen LogP contribution in [0.15, 0.2) is 5.16 Å². The molecule has 0 aromatic carbocycles. The van der Waals surface area contributed by atoms with Crippen molar-refractivity contribution >= 4 is 23.6 Å². The van der Waals surface area contributed by atoms with Crippen LogP contribution in [0.2, 0.25) is 0 Å². The highest BCUT2D eigenvalue weighted by Crippen LogP contribution is 2.41. The van der Waals surface area contributed by atoms with Crippen LogP contribution in [0.4, 0.5) is 5.95 Å². The number of morpholine rings is 1. The minimum absolute atomic E-state index is 0.118. The van der Waals surface area contributed by atoms with Gasteiger partial charge in [0.2, 0.25) is 11.9 Å². The number of carbonyl (C=O) groups excluding carboxylic acids is 1. The molecule has 4 rings (SSSR count). The Bertz CT molecular complexity index is 627.